The molecule has 0 saturated heterocycles. The Morgan fingerprint density at radius 1 is 1.14 bits per heavy atom. The zero-order valence-corrected chi connectivity index (χ0v) is 11.6. The van der Waals surface area contributed by atoms with E-state index in [1.807, 2.05) is 12.1 Å². The van der Waals surface area contributed by atoms with E-state index in [1.165, 1.54) is 4.90 Å². The Morgan fingerprint density at radius 3 is 2.62 bits per heavy atom. The minimum atomic E-state index is -0.479. The topological polar surface area (TPSA) is 59.5 Å². The number of nitrogens with zero attached hydrogens (tertiary/aromatic N) is 2. The van der Waals surface area contributed by atoms with E-state index < -0.39 is 11.7 Å². The largest absolute Gasteiger partial charge is 0.497 e. The predicted octanol–water partition coefficient (Wildman–Crippen LogP) is 1.86. The van der Waals surface area contributed by atoms with Gasteiger partial charge in [0.2, 0.25) is 0 Å². The molecule has 1 aromatic carbocycles. The van der Waals surface area contributed by atoms with Crippen molar-refractivity contribution in [3.8, 4) is 5.75 Å². The van der Waals surface area contributed by atoms with Gasteiger partial charge in [0.15, 0.2) is 0 Å². The molecule has 1 aliphatic rings. The van der Waals surface area contributed by atoms with E-state index in [9.17, 15) is 9.59 Å². The second-order valence-corrected chi connectivity index (χ2v) is 4.77. The maximum atomic E-state index is 12.1. The van der Waals surface area contributed by atoms with E-state index >= 15 is 0 Å². The van der Waals surface area contributed by atoms with Gasteiger partial charge in [-0.1, -0.05) is 0 Å². The lowest BCUT2D eigenvalue weighted by molar-refractivity contribution is -0.114. The van der Waals surface area contributed by atoms with Gasteiger partial charge in [0.1, 0.15) is 5.75 Å². The molecule has 1 amide bonds. The summed E-state index contributed by atoms with van der Waals surface area (Å²) in [4.78, 5) is 29.6. The molecule has 1 aromatic heterocycles. The zero-order chi connectivity index (χ0) is 14.8. The minimum absolute atomic E-state index is 0.440. The van der Waals surface area contributed by atoms with Gasteiger partial charge in [-0.05, 0) is 36.2 Å². The molecule has 0 spiro atoms. The van der Waals surface area contributed by atoms with E-state index in [4.69, 9.17) is 4.74 Å². The minimum Gasteiger partial charge on any atom is -0.497 e. The van der Waals surface area contributed by atoms with Gasteiger partial charge in [-0.25, -0.2) is 0 Å². The standard InChI is InChI=1S/C16H14N2O3/c1-21-12-2-3-13-14(10-12)18(16(20)15(13)19)9-6-11-4-7-17-8-5-11/h2-5,7-8,10H,6,9H2,1H3. The first-order valence-electron chi connectivity index (χ1n) is 6.64. The van der Waals surface area contributed by atoms with Crippen molar-refractivity contribution < 1.29 is 14.3 Å². The lowest BCUT2D eigenvalue weighted by atomic mass is 10.1. The van der Waals surface area contributed by atoms with Crippen LogP contribution in [0.3, 0.4) is 0 Å². The Bertz CT molecular complexity index is 698. The Morgan fingerprint density at radius 2 is 1.90 bits per heavy atom. The predicted molar refractivity (Wildman–Crippen MR) is 77.6 cm³/mol. The third-order valence-electron chi connectivity index (χ3n) is 3.55. The number of fused-ring (bicyclic) bond motifs is 1. The van der Waals surface area contributed by atoms with Gasteiger partial charge in [0.05, 0.1) is 18.4 Å². The fraction of sp³-hybridized carbons (Fsp3) is 0.188. The van der Waals surface area contributed by atoms with Gasteiger partial charge in [-0.3, -0.25) is 14.6 Å². The number of ketones is 1. The maximum absolute atomic E-state index is 12.1. The van der Waals surface area contributed by atoms with E-state index in [-0.39, 0.29) is 0 Å². The summed E-state index contributed by atoms with van der Waals surface area (Å²) in [6, 6.07) is 8.85. The highest BCUT2D eigenvalue weighted by Crippen LogP contribution is 2.32. The van der Waals surface area contributed by atoms with Crippen molar-refractivity contribution in [3.63, 3.8) is 0 Å². The molecule has 0 bridgehead atoms. The van der Waals surface area contributed by atoms with Gasteiger partial charge in [-0.2, -0.15) is 0 Å². The molecule has 0 fully saturated rings. The van der Waals surface area contributed by atoms with Crippen LogP contribution in [0.5, 0.6) is 5.75 Å². The number of methoxy groups -OCH3 is 1. The number of carbonyl (C=O) groups is 2. The van der Waals surface area contributed by atoms with Crippen LogP contribution in [0.4, 0.5) is 5.69 Å². The smallest absolute Gasteiger partial charge is 0.299 e. The third-order valence-corrected chi connectivity index (χ3v) is 3.55. The number of Topliss-reactive ketones (excluding diaryl/α,β-unsaturated/α-hetero) is 1. The highest BCUT2D eigenvalue weighted by atomic mass is 16.5. The quantitative estimate of drug-likeness (QED) is 0.803. The van der Waals surface area contributed by atoms with Crippen molar-refractivity contribution in [2.45, 2.75) is 6.42 Å². The fourth-order valence-electron chi connectivity index (χ4n) is 2.41. The third kappa shape index (κ3) is 2.38. The van der Waals surface area contributed by atoms with E-state index in [0.717, 1.165) is 5.56 Å². The van der Waals surface area contributed by atoms with Crippen LogP contribution in [0.1, 0.15) is 15.9 Å². The summed E-state index contributed by atoms with van der Waals surface area (Å²) < 4.78 is 5.16. The number of anilines is 1. The summed E-state index contributed by atoms with van der Waals surface area (Å²) >= 11 is 0. The molecule has 3 rings (SSSR count). The average Bonchev–Trinajstić information content (AvgIpc) is 2.77. The van der Waals surface area contributed by atoms with Crippen molar-refractivity contribution >= 4 is 17.4 Å². The molecule has 0 N–H and O–H groups in total. The molecule has 5 nitrogen and oxygen atoms in total. The number of pyridine rings is 1. The van der Waals surface area contributed by atoms with Gasteiger partial charge >= 0.3 is 0 Å². The summed E-state index contributed by atoms with van der Waals surface area (Å²) in [6.45, 7) is 0.453. The SMILES string of the molecule is COc1ccc2c(c1)N(CCc1ccncc1)C(=O)C2=O. The number of aromatic nitrogens is 1. The number of carbonyl (C=O) groups excluding carboxylic acids is 2. The molecule has 5 heteroatoms. The Hall–Kier alpha value is -2.69. The highest BCUT2D eigenvalue weighted by Gasteiger charge is 2.35. The number of benzene rings is 1. The van der Waals surface area contributed by atoms with E-state index in [2.05, 4.69) is 4.98 Å². The molecule has 0 radical (unpaired) electrons. The van der Waals surface area contributed by atoms with Gasteiger partial charge in [0, 0.05) is 25.0 Å². The van der Waals surface area contributed by atoms with Crippen molar-refractivity contribution in [2.75, 3.05) is 18.6 Å². The second kappa shape index (κ2) is 5.36. The molecule has 1 aliphatic heterocycles. The van der Waals surface area contributed by atoms with Crippen LogP contribution in [0.15, 0.2) is 42.7 Å². The van der Waals surface area contributed by atoms with E-state index in [0.29, 0.717) is 30.0 Å². The zero-order valence-electron chi connectivity index (χ0n) is 11.6. The number of ether oxygens (including phenoxy) is 1. The van der Waals surface area contributed by atoms with Gasteiger partial charge in [0.25, 0.3) is 11.7 Å². The monoisotopic (exact) mass is 282 g/mol. The first-order chi connectivity index (χ1) is 10.2. The summed E-state index contributed by atoms with van der Waals surface area (Å²) in [5, 5.41) is 0. The van der Waals surface area contributed by atoms with Crippen LogP contribution >= 0.6 is 0 Å². The second-order valence-electron chi connectivity index (χ2n) is 4.77. The highest BCUT2D eigenvalue weighted by molar-refractivity contribution is 6.52. The molecule has 0 saturated carbocycles. The van der Waals surface area contributed by atoms with Gasteiger partial charge in [-0.15, -0.1) is 0 Å². The summed E-state index contributed by atoms with van der Waals surface area (Å²) in [5.41, 5.74) is 2.13. The lowest BCUT2D eigenvalue weighted by Gasteiger charge is -2.16. The average molecular weight is 282 g/mol. The van der Waals surface area contributed by atoms with Crippen LogP contribution in [0.25, 0.3) is 0 Å². The van der Waals surface area contributed by atoms with Crippen molar-refractivity contribution in [3.05, 3.63) is 53.9 Å². The van der Waals surface area contributed by atoms with Crippen LogP contribution in [-0.4, -0.2) is 30.3 Å². The summed E-state index contributed by atoms with van der Waals surface area (Å²) in [5.74, 6) is -0.306. The van der Waals surface area contributed by atoms with E-state index in [1.54, 1.807) is 37.7 Å². The molecule has 21 heavy (non-hydrogen) atoms. The molecule has 2 heterocycles. The van der Waals surface area contributed by atoms with Crippen LogP contribution in [-0.2, 0) is 11.2 Å². The Balaban J connectivity index is 1.86. The van der Waals surface area contributed by atoms with Gasteiger partial charge < -0.3 is 9.64 Å². The van der Waals surface area contributed by atoms with Crippen LogP contribution in [0, 0.1) is 0 Å². The molecule has 0 unspecified atom stereocenters. The number of hydrogen-bond donors (Lipinski definition) is 0. The normalized spacial score (nSPS) is 13.5. The lowest BCUT2D eigenvalue weighted by Crippen LogP contribution is -2.31. The molecule has 0 atom stereocenters. The van der Waals surface area contributed by atoms with Crippen molar-refractivity contribution in [1.82, 2.24) is 4.98 Å². The fourth-order valence-corrected chi connectivity index (χ4v) is 2.41. The number of rotatable bonds is 4. The molecular formula is C16H14N2O3. The number of hydrogen-bond acceptors (Lipinski definition) is 4. The first-order valence-corrected chi connectivity index (χ1v) is 6.64. The van der Waals surface area contributed by atoms with Crippen LogP contribution < -0.4 is 9.64 Å². The molecule has 2 aromatic rings. The molecule has 0 aliphatic carbocycles. The Labute approximate surface area is 122 Å². The molecular weight excluding hydrogens is 268 g/mol. The summed E-state index contributed by atoms with van der Waals surface area (Å²) in [7, 11) is 1.56. The molecule has 106 valence electrons. The number of amides is 1. The van der Waals surface area contributed by atoms with Crippen LogP contribution in [0.2, 0.25) is 0 Å². The van der Waals surface area contributed by atoms with Crippen molar-refractivity contribution in [2.24, 2.45) is 0 Å². The first kappa shape index (κ1) is 13.3. The van der Waals surface area contributed by atoms with Crippen molar-refractivity contribution in [1.29, 1.82) is 0 Å². The Kier molecular flexibility index (Phi) is 3.39. The summed E-state index contributed by atoms with van der Waals surface area (Å²) in [6.07, 6.45) is 4.09. The maximum Gasteiger partial charge on any atom is 0.299 e.